The third-order valence-corrected chi connectivity index (χ3v) is 3.15. The molecule has 1 aliphatic rings. The number of amides is 1. The zero-order valence-electron chi connectivity index (χ0n) is 6.61. The van der Waals surface area contributed by atoms with Crippen molar-refractivity contribution in [3.8, 4) is 0 Å². The van der Waals surface area contributed by atoms with Crippen molar-refractivity contribution < 1.29 is 4.79 Å². The van der Waals surface area contributed by atoms with Crippen LogP contribution < -0.4 is 10.6 Å². The van der Waals surface area contributed by atoms with Gasteiger partial charge in [-0.25, -0.2) is 0 Å². The normalized spacial score (nSPS) is 22.8. The molecule has 2 heterocycles. The van der Waals surface area contributed by atoms with Crippen LogP contribution in [0.4, 0.5) is 5.13 Å². The average Bonchev–Trinajstić information content (AvgIpc) is 2.58. The SMILES string of the molecule is NC1CC(=O)N(c2nnc(Br)s2)C1. The van der Waals surface area contributed by atoms with Crippen molar-refractivity contribution in [2.45, 2.75) is 12.5 Å². The van der Waals surface area contributed by atoms with Crippen LogP contribution in [-0.4, -0.2) is 28.7 Å². The summed E-state index contributed by atoms with van der Waals surface area (Å²) in [7, 11) is 0. The fourth-order valence-electron chi connectivity index (χ4n) is 1.23. The summed E-state index contributed by atoms with van der Waals surface area (Å²) >= 11 is 4.52. The van der Waals surface area contributed by atoms with E-state index in [-0.39, 0.29) is 11.9 Å². The summed E-state index contributed by atoms with van der Waals surface area (Å²) < 4.78 is 0.677. The first kappa shape index (κ1) is 9.04. The van der Waals surface area contributed by atoms with Crippen LogP contribution in [-0.2, 0) is 4.79 Å². The molecule has 0 spiro atoms. The maximum atomic E-state index is 11.4. The number of halogens is 1. The van der Waals surface area contributed by atoms with Crippen LogP contribution in [0, 0.1) is 0 Å². The van der Waals surface area contributed by atoms with Gasteiger partial charge in [0.1, 0.15) is 0 Å². The highest BCUT2D eigenvalue weighted by Gasteiger charge is 2.30. The van der Waals surface area contributed by atoms with Gasteiger partial charge in [0.15, 0.2) is 3.92 Å². The topological polar surface area (TPSA) is 72.1 Å². The van der Waals surface area contributed by atoms with Crippen molar-refractivity contribution in [2.75, 3.05) is 11.4 Å². The van der Waals surface area contributed by atoms with Crippen LogP contribution in [0.1, 0.15) is 6.42 Å². The number of rotatable bonds is 1. The fraction of sp³-hybridized carbons (Fsp3) is 0.500. The minimum Gasteiger partial charge on any atom is -0.326 e. The Bertz CT molecular complexity index is 341. The maximum absolute atomic E-state index is 11.4. The molecule has 0 bridgehead atoms. The molecule has 5 nitrogen and oxygen atoms in total. The fourth-order valence-corrected chi connectivity index (χ4v) is 2.34. The second kappa shape index (κ2) is 3.32. The van der Waals surface area contributed by atoms with E-state index in [0.29, 0.717) is 22.0 Å². The highest BCUT2D eigenvalue weighted by molar-refractivity contribution is 9.11. The van der Waals surface area contributed by atoms with Gasteiger partial charge >= 0.3 is 0 Å². The smallest absolute Gasteiger partial charge is 0.230 e. The lowest BCUT2D eigenvalue weighted by molar-refractivity contribution is -0.117. The van der Waals surface area contributed by atoms with Gasteiger partial charge < -0.3 is 5.73 Å². The van der Waals surface area contributed by atoms with Crippen molar-refractivity contribution >= 4 is 38.3 Å². The summed E-state index contributed by atoms with van der Waals surface area (Å²) in [5.41, 5.74) is 5.64. The van der Waals surface area contributed by atoms with Crippen LogP contribution in [0.25, 0.3) is 0 Å². The third-order valence-electron chi connectivity index (χ3n) is 1.78. The molecule has 0 aromatic carbocycles. The number of aromatic nitrogens is 2. The molecule has 0 radical (unpaired) electrons. The Kier molecular flexibility index (Phi) is 2.31. The molecule has 13 heavy (non-hydrogen) atoms. The van der Waals surface area contributed by atoms with Crippen LogP contribution in [0.5, 0.6) is 0 Å². The van der Waals surface area contributed by atoms with E-state index in [0.717, 1.165) is 0 Å². The largest absolute Gasteiger partial charge is 0.326 e. The molecule has 2 N–H and O–H groups in total. The van der Waals surface area contributed by atoms with Crippen LogP contribution >= 0.6 is 27.3 Å². The van der Waals surface area contributed by atoms with Gasteiger partial charge in [-0.3, -0.25) is 9.69 Å². The Balaban J connectivity index is 2.22. The lowest BCUT2D eigenvalue weighted by Gasteiger charge is -2.09. The van der Waals surface area contributed by atoms with Crippen LogP contribution in [0.3, 0.4) is 0 Å². The molecule has 0 saturated carbocycles. The minimum absolute atomic E-state index is 0.0242. The second-order valence-corrected chi connectivity index (χ2v) is 5.04. The zero-order valence-corrected chi connectivity index (χ0v) is 9.01. The van der Waals surface area contributed by atoms with Gasteiger partial charge in [0.05, 0.1) is 0 Å². The van der Waals surface area contributed by atoms with E-state index in [9.17, 15) is 4.79 Å². The summed E-state index contributed by atoms with van der Waals surface area (Å²) in [5, 5.41) is 8.24. The second-order valence-electron chi connectivity index (χ2n) is 2.81. The number of nitrogens with two attached hydrogens (primary N) is 1. The quantitative estimate of drug-likeness (QED) is 0.794. The standard InChI is InChI=1S/C6H7BrN4OS/c7-5-9-10-6(13-5)11-2-3(8)1-4(11)12/h3H,1-2,8H2. The zero-order chi connectivity index (χ0) is 9.42. The molecular weight excluding hydrogens is 256 g/mol. The van der Waals surface area contributed by atoms with Crippen molar-refractivity contribution in [1.29, 1.82) is 0 Å². The monoisotopic (exact) mass is 262 g/mol. The lowest BCUT2D eigenvalue weighted by atomic mass is 10.3. The van der Waals surface area contributed by atoms with Gasteiger partial charge in [-0.15, -0.1) is 10.2 Å². The molecule has 1 aliphatic heterocycles. The molecule has 1 unspecified atom stereocenters. The van der Waals surface area contributed by atoms with Crippen molar-refractivity contribution in [1.82, 2.24) is 10.2 Å². The minimum atomic E-state index is -0.0739. The van der Waals surface area contributed by atoms with Crippen molar-refractivity contribution in [3.05, 3.63) is 3.92 Å². The van der Waals surface area contributed by atoms with E-state index in [4.69, 9.17) is 5.73 Å². The number of carbonyl (C=O) groups excluding carboxylic acids is 1. The van der Waals surface area contributed by atoms with Crippen LogP contribution in [0.2, 0.25) is 0 Å². The van der Waals surface area contributed by atoms with E-state index >= 15 is 0 Å². The Hall–Kier alpha value is -0.530. The maximum Gasteiger partial charge on any atom is 0.230 e. The molecular formula is C6H7BrN4OS. The molecule has 70 valence electrons. The summed E-state index contributed by atoms with van der Waals surface area (Å²) in [4.78, 5) is 12.9. The van der Waals surface area contributed by atoms with E-state index in [2.05, 4.69) is 26.1 Å². The number of nitrogens with zero attached hydrogens (tertiary/aromatic N) is 3. The molecule has 2 rings (SSSR count). The van der Waals surface area contributed by atoms with E-state index in [1.807, 2.05) is 0 Å². The van der Waals surface area contributed by atoms with Gasteiger partial charge in [0.2, 0.25) is 11.0 Å². The molecule has 7 heteroatoms. The van der Waals surface area contributed by atoms with Crippen molar-refractivity contribution in [2.24, 2.45) is 5.73 Å². The molecule has 0 aliphatic carbocycles. The third kappa shape index (κ3) is 1.72. The Morgan fingerprint density at radius 3 is 2.85 bits per heavy atom. The molecule has 1 aromatic heterocycles. The highest BCUT2D eigenvalue weighted by atomic mass is 79.9. The molecule has 1 atom stereocenters. The first-order valence-electron chi connectivity index (χ1n) is 3.72. The predicted molar refractivity (Wildman–Crippen MR) is 52.6 cm³/mol. The van der Waals surface area contributed by atoms with E-state index in [1.165, 1.54) is 11.3 Å². The van der Waals surface area contributed by atoms with Crippen molar-refractivity contribution in [3.63, 3.8) is 0 Å². The predicted octanol–water partition coefficient (Wildman–Crippen LogP) is 0.365. The summed E-state index contributed by atoms with van der Waals surface area (Å²) in [6.07, 6.45) is 0.400. The molecule has 1 aromatic rings. The first-order chi connectivity index (χ1) is 6.16. The van der Waals surface area contributed by atoms with Gasteiger partial charge in [-0.1, -0.05) is 11.3 Å². The van der Waals surface area contributed by atoms with Gasteiger partial charge in [0.25, 0.3) is 0 Å². The van der Waals surface area contributed by atoms with Gasteiger partial charge in [-0.2, -0.15) is 0 Å². The Morgan fingerprint density at radius 1 is 1.62 bits per heavy atom. The highest BCUT2D eigenvalue weighted by Crippen LogP contribution is 2.27. The van der Waals surface area contributed by atoms with Gasteiger partial charge in [-0.05, 0) is 15.9 Å². The molecule has 1 amide bonds. The average molecular weight is 263 g/mol. The number of hydrogen-bond acceptors (Lipinski definition) is 5. The Morgan fingerprint density at radius 2 is 2.38 bits per heavy atom. The van der Waals surface area contributed by atoms with E-state index < -0.39 is 0 Å². The summed E-state index contributed by atoms with van der Waals surface area (Å²) in [5.74, 6) is 0.0242. The number of carbonyl (C=O) groups is 1. The van der Waals surface area contributed by atoms with Gasteiger partial charge in [0, 0.05) is 19.0 Å². The van der Waals surface area contributed by atoms with Crippen LogP contribution in [0.15, 0.2) is 3.92 Å². The first-order valence-corrected chi connectivity index (χ1v) is 5.32. The lowest BCUT2D eigenvalue weighted by Crippen LogP contribution is -2.27. The Labute approximate surface area is 87.1 Å². The summed E-state index contributed by atoms with van der Waals surface area (Å²) in [6, 6.07) is -0.0739. The number of anilines is 1. The molecule has 1 saturated heterocycles. The molecule has 1 fully saturated rings. The van der Waals surface area contributed by atoms with E-state index in [1.54, 1.807) is 4.90 Å². The number of hydrogen-bond donors (Lipinski definition) is 1. The summed E-state index contributed by atoms with van der Waals surface area (Å²) in [6.45, 7) is 0.542.